The number of aldehydes is 1. The van der Waals surface area contributed by atoms with E-state index in [1.807, 2.05) is 39.0 Å². The van der Waals surface area contributed by atoms with Gasteiger partial charge in [0.2, 0.25) is 0 Å². The van der Waals surface area contributed by atoms with Crippen LogP contribution in [0.2, 0.25) is 0 Å². The van der Waals surface area contributed by atoms with E-state index >= 15 is 0 Å². The van der Waals surface area contributed by atoms with Crippen LogP contribution in [0.25, 0.3) is 11.3 Å². The number of furan rings is 1. The van der Waals surface area contributed by atoms with Crippen molar-refractivity contribution in [2.75, 3.05) is 31.1 Å². The normalized spacial score (nSPS) is 15.0. The molecule has 0 saturated carbocycles. The van der Waals surface area contributed by atoms with Gasteiger partial charge in [0.15, 0.2) is 12.0 Å². The van der Waals surface area contributed by atoms with Crippen LogP contribution in [0, 0.1) is 0 Å². The Labute approximate surface area is 167 Å². The molecule has 2 aromatic rings. The second-order valence-corrected chi connectivity index (χ2v) is 8.29. The van der Waals surface area contributed by atoms with Crippen LogP contribution in [0.5, 0.6) is 0 Å². The summed E-state index contributed by atoms with van der Waals surface area (Å²) in [6.45, 7) is 8.30. The zero-order valence-electron chi connectivity index (χ0n) is 15.7. The van der Waals surface area contributed by atoms with Crippen molar-refractivity contribution < 1.29 is 18.7 Å². The number of hydrogen-bond donors (Lipinski definition) is 0. The van der Waals surface area contributed by atoms with Gasteiger partial charge in [-0.1, -0.05) is 0 Å². The van der Waals surface area contributed by atoms with E-state index in [0.717, 1.165) is 28.8 Å². The van der Waals surface area contributed by atoms with Crippen molar-refractivity contribution in [2.45, 2.75) is 26.4 Å². The molecule has 1 aliphatic rings. The zero-order valence-corrected chi connectivity index (χ0v) is 17.3. The molecule has 0 unspecified atom stereocenters. The van der Waals surface area contributed by atoms with Crippen molar-refractivity contribution >= 4 is 34.0 Å². The van der Waals surface area contributed by atoms with Gasteiger partial charge in [-0.2, -0.15) is 0 Å². The molecule has 144 valence electrons. The van der Waals surface area contributed by atoms with Gasteiger partial charge in [-0.25, -0.2) is 4.79 Å². The molecule has 1 amide bonds. The van der Waals surface area contributed by atoms with E-state index < -0.39 is 5.60 Å². The molecular formula is C20H23BrN2O4. The Hall–Kier alpha value is -2.28. The number of amides is 1. The largest absolute Gasteiger partial charge is 0.453 e. The summed E-state index contributed by atoms with van der Waals surface area (Å²) in [5.74, 6) is 0.961. The number of carbonyl (C=O) groups excluding carboxylic acids is 2. The van der Waals surface area contributed by atoms with E-state index in [4.69, 9.17) is 9.15 Å². The maximum atomic E-state index is 12.2. The lowest BCUT2D eigenvalue weighted by atomic mass is 10.1. The first-order valence-electron chi connectivity index (χ1n) is 8.84. The molecule has 0 aliphatic carbocycles. The molecule has 1 saturated heterocycles. The Morgan fingerprint density at radius 2 is 1.85 bits per heavy atom. The van der Waals surface area contributed by atoms with Crippen LogP contribution in [-0.4, -0.2) is 49.1 Å². The van der Waals surface area contributed by atoms with Gasteiger partial charge in [0, 0.05) is 36.2 Å². The van der Waals surface area contributed by atoms with Crippen LogP contribution in [0.15, 0.2) is 39.2 Å². The number of rotatable bonds is 3. The van der Waals surface area contributed by atoms with Crippen molar-refractivity contribution in [3.63, 3.8) is 0 Å². The van der Waals surface area contributed by atoms with E-state index in [-0.39, 0.29) is 6.09 Å². The third-order valence-corrected chi connectivity index (χ3v) is 4.88. The summed E-state index contributed by atoms with van der Waals surface area (Å²) in [4.78, 5) is 26.9. The predicted octanol–water partition coefficient (Wildman–Crippen LogP) is 4.58. The summed E-state index contributed by atoms with van der Waals surface area (Å²) in [6, 6.07) is 9.40. The fraction of sp³-hybridized carbons (Fsp3) is 0.400. The first-order valence-corrected chi connectivity index (χ1v) is 9.64. The average Bonchev–Trinajstić information content (AvgIpc) is 3.09. The quantitative estimate of drug-likeness (QED) is 0.661. The molecule has 6 nitrogen and oxygen atoms in total. The summed E-state index contributed by atoms with van der Waals surface area (Å²) in [5, 5.41) is 0. The lowest BCUT2D eigenvalue weighted by molar-refractivity contribution is 0.0240. The average molecular weight is 435 g/mol. The maximum Gasteiger partial charge on any atom is 0.410 e. The number of ether oxygens (including phenoxy) is 1. The summed E-state index contributed by atoms with van der Waals surface area (Å²) in [5.41, 5.74) is 1.47. The molecule has 0 bridgehead atoms. The molecule has 0 N–H and O–H groups in total. The second kappa shape index (κ2) is 7.76. The van der Waals surface area contributed by atoms with Crippen LogP contribution in [-0.2, 0) is 4.74 Å². The molecular weight excluding hydrogens is 412 g/mol. The van der Waals surface area contributed by atoms with Crippen molar-refractivity contribution in [3.05, 3.63) is 40.6 Å². The van der Waals surface area contributed by atoms with Gasteiger partial charge in [0.25, 0.3) is 0 Å². The molecule has 0 radical (unpaired) electrons. The van der Waals surface area contributed by atoms with E-state index in [9.17, 15) is 9.59 Å². The fourth-order valence-electron chi connectivity index (χ4n) is 2.94. The van der Waals surface area contributed by atoms with Crippen LogP contribution in [0.4, 0.5) is 10.5 Å². The maximum absolute atomic E-state index is 12.2. The summed E-state index contributed by atoms with van der Waals surface area (Å²) in [7, 11) is 0. The van der Waals surface area contributed by atoms with Crippen LogP contribution in [0.3, 0.4) is 0 Å². The van der Waals surface area contributed by atoms with E-state index in [1.165, 1.54) is 0 Å². The van der Waals surface area contributed by atoms with Gasteiger partial charge in [-0.05, 0) is 67.0 Å². The minimum absolute atomic E-state index is 0.264. The summed E-state index contributed by atoms with van der Waals surface area (Å²) >= 11 is 3.63. The first-order chi connectivity index (χ1) is 12.8. The number of nitrogens with zero attached hydrogens (tertiary/aromatic N) is 2. The standard InChI is InChI=1S/C20H23BrN2O4/c1-20(2,3)27-19(25)23-10-8-22(9-11-23)17-6-4-14(12-16(17)21)18-7-5-15(13-24)26-18/h4-7,12-13H,8-11H2,1-3H3. The van der Waals surface area contributed by atoms with Gasteiger partial charge in [0.05, 0.1) is 5.69 Å². The highest BCUT2D eigenvalue weighted by molar-refractivity contribution is 9.10. The van der Waals surface area contributed by atoms with Crippen molar-refractivity contribution in [2.24, 2.45) is 0 Å². The number of piperazine rings is 1. The second-order valence-electron chi connectivity index (χ2n) is 7.44. The third kappa shape index (κ3) is 4.71. The fourth-order valence-corrected chi connectivity index (χ4v) is 3.57. The van der Waals surface area contributed by atoms with Gasteiger partial charge in [0.1, 0.15) is 11.4 Å². The topological polar surface area (TPSA) is 63.0 Å². The Bertz CT molecular complexity index is 833. The lowest BCUT2D eigenvalue weighted by Crippen LogP contribution is -2.50. The Morgan fingerprint density at radius 3 is 2.41 bits per heavy atom. The summed E-state index contributed by atoms with van der Waals surface area (Å²) < 4.78 is 11.9. The number of carbonyl (C=O) groups is 2. The SMILES string of the molecule is CC(C)(C)OC(=O)N1CCN(c2ccc(-c3ccc(C=O)o3)cc2Br)CC1. The highest BCUT2D eigenvalue weighted by Crippen LogP contribution is 2.32. The van der Waals surface area contributed by atoms with Crippen LogP contribution < -0.4 is 4.90 Å². The molecule has 27 heavy (non-hydrogen) atoms. The minimum Gasteiger partial charge on any atom is -0.453 e. The van der Waals surface area contributed by atoms with Gasteiger partial charge in [-0.3, -0.25) is 4.79 Å². The number of halogens is 1. The number of anilines is 1. The van der Waals surface area contributed by atoms with Crippen molar-refractivity contribution in [1.29, 1.82) is 0 Å². The smallest absolute Gasteiger partial charge is 0.410 e. The van der Waals surface area contributed by atoms with E-state index in [2.05, 4.69) is 20.8 Å². The van der Waals surface area contributed by atoms with E-state index in [0.29, 0.717) is 30.9 Å². The Balaban J connectivity index is 1.66. The number of hydrogen-bond acceptors (Lipinski definition) is 5. The van der Waals surface area contributed by atoms with E-state index in [1.54, 1.807) is 17.0 Å². The Morgan fingerprint density at radius 1 is 1.15 bits per heavy atom. The Kier molecular flexibility index (Phi) is 5.60. The molecule has 1 aromatic heterocycles. The van der Waals surface area contributed by atoms with Gasteiger partial charge < -0.3 is 19.0 Å². The molecule has 2 heterocycles. The molecule has 1 fully saturated rings. The molecule has 1 aliphatic heterocycles. The van der Waals surface area contributed by atoms with Crippen molar-refractivity contribution in [1.82, 2.24) is 4.90 Å². The molecule has 1 aromatic carbocycles. The zero-order chi connectivity index (χ0) is 19.6. The predicted molar refractivity (Wildman–Crippen MR) is 107 cm³/mol. The first kappa shape index (κ1) is 19.5. The van der Waals surface area contributed by atoms with Crippen molar-refractivity contribution in [3.8, 4) is 11.3 Å². The van der Waals surface area contributed by atoms with Crippen LogP contribution in [0.1, 0.15) is 31.3 Å². The summed E-state index contributed by atoms with van der Waals surface area (Å²) in [6.07, 6.45) is 0.428. The highest BCUT2D eigenvalue weighted by Gasteiger charge is 2.26. The van der Waals surface area contributed by atoms with Crippen LogP contribution >= 0.6 is 15.9 Å². The van der Waals surface area contributed by atoms with Gasteiger partial charge in [-0.15, -0.1) is 0 Å². The molecule has 0 spiro atoms. The van der Waals surface area contributed by atoms with Gasteiger partial charge >= 0.3 is 6.09 Å². The third-order valence-electron chi connectivity index (χ3n) is 4.25. The molecule has 7 heteroatoms. The minimum atomic E-state index is -0.483. The molecule has 3 rings (SSSR count). The monoisotopic (exact) mass is 434 g/mol. The number of benzene rings is 1. The molecule has 0 atom stereocenters. The lowest BCUT2D eigenvalue weighted by Gasteiger charge is -2.37. The highest BCUT2D eigenvalue weighted by atomic mass is 79.9.